The van der Waals surface area contributed by atoms with Gasteiger partial charge in [0.25, 0.3) is 10.0 Å². The van der Waals surface area contributed by atoms with Gasteiger partial charge < -0.3 is 15.6 Å². The molecule has 0 atom stereocenters. The SMILES string of the molecule is Nc1ccc(N2CCN(S(=O)(=O)c3cnc[nH]3)CC2)nc1. The Balaban J connectivity index is 1.69. The summed E-state index contributed by atoms with van der Waals surface area (Å²) in [5.41, 5.74) is 6.22. The number of nitrogens with one attached hydrogen (secondary N) is 1. The summed E-state index contributed by atoms with van der Waals surface area (Å²) in [5.74, 6) is 0.808. The Morgan fingerprint density at radius 2 is 1.90 bits per heavy atom. The number of nitrogens with zero attached hydrogens (tertiary/aromatic N) is 4. The molecule has 0 aromatic carbocycles. The molecule has 1 aliphatic rings. The highest BCUT2D eigenvalue weighted by Crippen LogP contribution is 2.18. The van der Waals surface area contributed by atoms with Crippen molar-refractivity contribution in [1.82, 2.24) is 19.3 Å². The van der Waals surface area contributed by atoms with Crippen LogP contribution >= 0.6 is 0 Å². The summed E-state index contributed by atoms with van der Waals surface area (Å²) < 4.78 is 26.1. The van der Waals surface area contributed by atoms with Crippen LogP contribution in [0.15, 0.2) is 35.9 Å². The molecule has 21 heavy (non-hydrogen) atoms. The lowest BCUT2D eigenvalue weighted by Gasteiger charge is -2.34. The molecule has 0 spiro atoms. The van der Waals surface area contributed by atoms with Crippen LogP contribution in [0.25, 0.3) is 0 Å². The second-order valence-electron chi connectivity index (χ2n) is 4.76. The van der Waals surface area contributed by atoms with Crippen molar-refractivity contribution in [3.63, 3.8) is 0 Å². The Morgan fingerprint density at radius 1 is 1.14 bits per heavy atom. The zero-order valence-corrected chi connectivity index (χ0v) is 12.1. The van der Waals surface area contributed by atoms with Gasteiger partial charge in [0.1, 0.15) is 5.82 Å². The molecule has 0 aliphatic carbocycles. The van der Waals surface area contributed by atoms with E-state index in [-0.39, 0.29) is 5.03 Å². The third kappa shape index (κ3) is 2.69. The zero-order valence-electron chi connectivity index (χ0n) is 11.3. The summed E-state index contributed by atoms with van der Waals surface area (Å²) in [6, 6.07) is 3.63. The minimum absolute atomic E-state index is 0.126. The second-order valence-corrected chi connectivity index (χ2v) is 6.66. The number of nitrogen functional groups attached to an aromatic ring is 1. The number of hydrogen-bond donors (Lipinski definition) is 2. The highest BCUT2D eigenvalue weighted by molar-refractivity contribution is 7.89. The van der Waals surface area contributed by atoms with Crippen molar-refractivity contribution in [3.8, 4) is 0 Å². The van der Waals surface area contributed by atoms with E-state index >= 15 is 0 Å². The van der Waals surface area contributed by atoms with Crippen molar-refractivity contribution in [2.45, 2.75) is 5.03 Å². The third-order valence-corrected chi connectivity index (χ3v) is 5.25. The van der Waals surface area contributed by atoms with E-state index < -0.39 is 10.0 Å². The fourth-order valence-corrected chi connectivity index (χ4v) is 3.58. The topological polar surface area (TPSA) is 108 Å². The lowest BCUT2D eigenvalue weighted by Crippen LogP contribution is -2.49. The molecule has 1 saturated heterocycles. The number of piperazine rings is 1. The third-order valence-electron chi connectivity index (χ3n) is 3.42. The first-order valence-corrected chi connectivity index (χ1v) is 7.96. The number of rotatable bonds is 3. The molecule has 0 amide bonds. The predicted molar refractivity (Wildman–Crippen MR) is 78.2 cm³/mol. The number of hydrogen-bond acceptors (Lipinski definition) is 6. The van der Waals surface area contributed by atoms with Gasteiger partial charge in [-0.1, -0.05) is 0 Å². The maximum absolute atomic E-state index is 12.3. The molecule has 1 aliphatic heterocycles. The van der Waals surface area contributed by atoms with E-state index in [1.54, 1.807) is 12.3 Å². The molecule has 9 heteroatoms. The molecule has 2 aromatic rings. The van der Waals surface area contributed by atoms with E-state index in [1.807, 2.05) is 11.0 Å². The molecule has 0 unspecified atom stereocenters. The first-order chi connectivity index (χ1) is 10.1. The summed E-state index contributed by atoms with van der Waals surface area (Å²) >= 11 is 0. The lowest BCUT2D eigenvalue weighted by molar-refractivity contribution is 0.382. The number of nitrogens with two attached hydrogens (primary N) is 1. The standard InChI is InChI=1S/C12H16N6O2S/c13-10-1-2-11(15-7-10)17-3-5-18(6-4-17)21(19,20)12-8-14-9-16-12/h1-2,7-9H,3-6,13H2,(H,14,16). The highest BCUT2D eigenvalue weighted by atomic mass is 32.2. The van der Waals surface area contributed by atoms with Crippen LogP contribution in [-0.2, 0) is 10.0 Å². The van der Waals surface area contributed by atoms with Crippen molar-refractivity contribution in [3.05, 3.63) is 30.9 Å². The van der Waals surface area contributed by atoms with E-state index in [4.69, 9.17) is 5.73 Å². The van der Waals surface area contributed by atoms with Gasteiger partial charge in [0, 0.05) is 26.2 Å². The number of aromatic amines is 1. The van der Waals surface area contributed by atoms with Gasteiger partial charge in [-0.05, 0) is 12.1 Å². The van der Waals surface area contributed by atoms with Gasteiger partial charge in [0.05, 0.1) is 24.4 Å². The van der Waals surface area contributed by atoms with Crippen LogP contribution in [-0.4, -0.2) is 53.9 Å². The molecule has 3 N–H and O–H groups in total. The van der Waals surface area contributed by atoms with Crippen molar-refractivity contribution in [1.29, 1.82) is 0 Å². The normalized spacial score (nSPS) is 17.0. The zero-order chi connectivity index (χ0) is 14.9. The van der Waals surface area contributed by atoms with Gasteiger partial charge in [-0.15, -0.1) is 0 Å². The number of pyridine rings is 1. The molecule has 0 bridgehead atoms. The van der Waals surface area contributed by atoms with Crippen molar-refractivity contribution >= 4 is 21.5 Å². The van der Waals surface area contributed by atoms with E-state index in [0.717, 1.165) is 5.82 Å². The molecular formula is C12H16N6O2S. The van der Waals surface area contributed by atoms with Crippen molar-refractivity contribution in [2.75, 3.05) is 36.8 Å². The van der Waals surface area contributed by atoms with E-state index in [1.165, 1.54) is 16.8 Å². The summed E-state index contributed by atoms with van der Waals surface area (Å²) in [7, 11) is -3.48. The Morgan fingerprint density at radius 3 is 2.48 bits per heavy atom. The second kappa shape index (κ2) is 5.34. The summed E-state index contributed by atoms with van der Waals surface area (Å²) in [5, 5.41) is 0.126. The Hall–Kier alpha value is -2.13. The fourth-order valence-electron chi connectivity index (χ4n) is 2.27. The maximum Gasteiger partial charge on any atom is 0.260 e. The molecule has 2 aromatic heterocycles. The molecule has 3 heterocycles. The minimum atomic E-state index is -3.48. The Bertz CT molecular complexity index is 690. The van der Waals surface area contributed by atoms with Crippen LogP contribution in [0, 0.1) is 0 Å². The average molecular weight is 308 g/mol. The van der Waals surface area contributed by atoms with E-state index in [9.17, 15) is 8.42 Å². The molecule has 8 nitrogen and oxygen atoms in total. The number of anilines is 2. The monoisotopic (exact) mass is 308 g/mol. The van der Waals surface area contributed by atoms with Crippen molar-refractivity contribution in [2.24, 2.45) is 0 Å². The smallest absolute Gasteiger partial charge is 0.260 e. The van der Waals surface area contributed by atoms with Crippen LogP contribution in [0.1, 0.15) is 0 Å². The average Bonchev–Trinajstić information content (AvgIpc) is 3.03. The van der Waals surface area contributed by atoms with Crippen LogP contribution in [0.5, 0.6) is 0 Å². The van der Waals surface area contributed by atoms with Gasteiger partial charge in [-0.2, -0.15) is 4.31 Å². The van der Waals surface area contributed by atoms with E-state index in [0.29, 0.717) is 31.9 Å². The summed E-state index contributed by atoms with van der Waals surface area (Å²) in [6.07, 6.45) is 4.29. The first kappa shape index (κ1) is 13.8. The van der Waals surface area contributed by atoms with Crippen LogP contribution in [0.2, 0.25) is 0 Å². The quantitative estimate of drug-likeness (QED) is 0.819. The van der Waals surface area contributed by atoms with E-state index in [2.05, 4.69) is 15.0 Å². The summed E-state index contributed by atoms with van der Waals surface area (Å²) in [6.45, 7) is 2.00. The Labute approximate surface area is 122 Å². The van der Waals surface area contributed by atoms with Crippen molar-refractivity contribution < 1.29 is 8.42 Å². The van der Waals surface area contributed by atoms with Gasteiger partial charge >= 0.3 is 0 Å². The number of sulfonamides is 1. The first-order valence-electron chi connectivity index (χ1n) is 6.52. The van der Waals surface area contributed by atoms with Gasteiger partial charge in [-0.25, -0.2) is 18.4 Å². The van der Waals surface area contributed by atoms with Gasteiger partial charge in [-0.3, -0.25) is 0 Å². The number of aromatic nitrogens is 3. The number of imidazole rings is 1. The number of H-pyrrole nitrogens is 1. The minimum Gasteiger partial charge on any atom is -0.397 e. The summed E-state index contributed by atoms with van der Waals surface area (Å²) in [4.78, 5) is 12.7. The molecule has 3 rings (SSSR count). The van der Waals surface area contributed by atoms with Crippen LogP contribution in [0.3, 0.4) is 0 Å². The predicted octanol–water partition coefficient (Wildman–Crippen LogP) is -0.102. The lowest BCUT2D eigenvalue weighted by atomic mass is 10.3. The van der Waals surface area contributed by atoms with Gasteiger partial charge in [0.15, 0.2) is 5.03 Å². The largest absolute Gasteiger partial charge is 0.397 e. The van der Waals surface area contributed by atoms with Gasteiger partial charge in [0.2, 0.25) is 0 Å². The fraction of sp³-hybridized carbons (Fsp3) is 0.333. The maximum atomic E-state index is 12.3. The molecule has 0 radical (unpaired) electrons. The van der Waals surface area contributed by atoms with Crippen LogP contribution < -0.4 is 10.6 Å². The molecular weight excluding hydrogens is 292 g/mol. The molecule has 0 saturated carbocycles. The van der Waals surface area contributed by atoms with Crippen LogP contribution in [0.4, 0.5) is 11.5 Å². The molecule has 112 valence electrons. The Kier molecular flexibility index (Phi) is 3.52. The molecule has 1 fully saturated rings. The highest BCUT2D eigenvalue weighted by Gasteiger charge is 2.29.